The molecular weight excluding hydrogens is 180 g/mol. The van der Waals surface area contributed by atoms with Gasteiger partial charge in [0.15, 0.2) is 5.82 Å². The lowest BCUT2D eigenvalue weighted by molar-refractivity contribution is 0.656. The van der Waals surface area contributed by atoms with Crippen LogP contribution in [0.15, 0.2) is 18.5 Å². The largest absolute Gasteiger partial charge is 0.321 e. The minimum absolute atomic E-state index is 0.141. The molecule has 0 aromatic carbocycles. The van der Waals surface area contributed by atoms with E-state index in [1.165, 1.54) is 0 Å². The Balaban J connectivity index is 2.11. The van der Waals surface area contributed by atoms with E-state index in [-0.39, 0.29) is 6.04 Å². The quantitative estimate of drug-likeness (QED) is 0.720. The van der Waals surface area contributed by atoms with Crippen LogP contribution in [0.4, 0.5) is 0 Å². The summed E-state index contributed by atoms with van der Waals surface area (Å²) in [5.41, 5.74) is 5.63. The zero-order chi connectivity index (χ0) is 9.97. The van der Waals surface area contributed by atoms with Gasteiger partial charge in [-0.05, 0) is 13.0 Å². The molecule has 0 aliphatic rings. The van der Waals surface area contributed by atoms with Crippen molar-refractivity contribution in [3.8, 4) is 0 Å². The molecule has 6 nitrogen and oxygen atoms in total. The van der Waals surface area contributed by atoms with E-state index in [0.29, 0.717) is 12.4 Å². The summed E-state index contributed by atoms with van der Waals surface area (Å²) in [4.78, 5) is 4.23. The van der Waals surface area contributed by atoms with Crippen LogP contribution in [0, 0.1) is 0 Å². The smallest absolute Gasteiger partial charge is 0.167 e. The van der Waals surface area contributed by atoms with Crippen molar-refractivity contribution in [1.29, 1.82) is 0 Å². The molecule has 0 aliphatic heterocycles. The normalized spacial score (nSPS) is 13.0. The lowest BCUT2D eigenvalue weighted by Gasteiger charge is -1.96. The van der Waals surface area contributed by atoms with Gasteiger partial charge in [-0.25, -0.2) is 4.98 Å². The maximum Gasteiger partial charge on any atom is 0.167 e. The standard InChI is InChI=1S/C8H12N6/c1-6(9)8-11-7(12-13-8)5-14-4-2-3-10-14/h2-4,6H,5,9H2,1H3,(H,11,12,13). The Morgan fingerprint density at radius 2 is 2.50 bits per heavy atom. The maximum absolute atomic E-state index is 5.63. The van der Waals surface area contributed by atoms with Crippen LogP contribution >= 0.6 is 0 Å². The Labute approximate surface area is 81.1 Å². The van der Waals surface area contributed by atoms with Crippen molar-refractivity contribution in [2.24, 2.45) is 5.73 Å². The molecule has 0 spiro atoms. The second-order valence-corrected chi connectivity index (χ2v) is 3.13. The lowest BCUT2D eigenvalue weighted by atomic mass is 10.3. The van der Waals surface area contributed by atoms with Gasteiger partial charge in [0.1, 0.15) is 12.4 Å². The highest BCUT2D eigenvalue weighted by Gasteiger charge is 2.07. The van der Waals surface area contributed by atoms with Crippen molar-refractivity contribution >= 4 is 0 Å². The topological polar surface area (TPSA) is 85.4 Å². The fourth-order valence-electron chi connectivity index (χ4n) is 1.13. The molecule has 0 amide bonds. The molecule has 14 heavy (non-hydrogen) atoms. The highest BCUT2D eigenvalue weighted by atomic mass is 15.3. The molecule has 74 valence electrons. The first kappa shape index (κ1) is 8.89. The van der Waals surface area contributed by atoms with Crippen LogP contribution in [0.5, 0.6) is 0 Å². The first-order valence-electron chi connectivity index (χ1n) is 4.40. The molecule has 2 aromatic heterocycles. The Kier molecular flexibility index (Phi) is 2.28. The fourth-order valence-corrected chi connectivity index (χ4v) is 1.13. The molecule has 0 aliphatic carbocycles. The highest BCUT2D eigenvalue weighted by Crippen LogP contribution is 2.02. The van der Waals surface area contributed by atoms with Crippen LogP contribution in [0.2, 0.25) is 0 Å². The SMILES string of the molecule is CC(N)c1n[nH]c(Cn2cccn2)n1. The van der Waals surface area contributed by atoms with E-state index >= 15 is 0 Å². The number of H-pyrrole nitrogens is 1. The van der Waals surface area contributed by atoms with E-state index in [1.807, 2.05) is 19.2 Å². The molecule has 2 rings (SSSR count). The van der Waals surface area contributed by atoms with Crippen LogP contribution in [0.25, 0.3) is 0 Å². The van der Waals surface area contributed by atoms with Crippen molar-refractivity contribution < 1.29 is 0 Å². The van der Waals surface area contributed by atoms with Gasteiger partial charge in [0.05, 0.1) is 6.04 Å². The number of aromatic amines is 1. The summed E-state index contributed by atoms with van der Waals surface area (Å²) in [6.45, 7) is 2.44. The molecule has 6 heteroatoms. The molecule has 0 saturated carbocycles. The van der Waals surface area contributed by atoms with Crippen molar-refractivity contribution in [1.82, 2.24) is 25.0 Å². The molecule has 0 radical (unpaired) electrons. The molecular formula is C8H12N6. The second kappa shape index (κ2) is 3.59. The van der Waals surface area contributed by atoms with Crippen molar-refractivity contribution in [2.75, 3.05) is 0 Å². The van der Waals surface area contributed by atoms with Gasteiger partial charge in [0, 0.05) is 12.4 Å². The Bertz CT molecular complexity index is 388. The summed E-state index contributed by atoms with van der Waals surface area (Å²) in [6.07, 6.45) is 3.59. The Hall–Kier alpha value is -1.69. The van der Waals surface area contributed by atoms with Gasteiger partial charge >= 0.3 is 0 Å². The van der Waals surface area contributed by atoms with Crippen LogP contribution < -0.4 is 5.73 Å². The third-order valence-corrected chi connectivity index (χ3v) is 1.83. The lowest BCUT2D eigenvalue weighted by Crippen LogP contribution is -2.07. The predicted octanol–water partition coefficient (Wildman–Crippen LogP) is 0.0692. The summed E-state index contributed by atoms with van der Waals surface area (Å²) in [5.74, 6) is 1.40. The molecule has 0 saturated heterocycles. The Morgan fingerprint density at radius 3 is 3.07 bits per heavy atom. The summed E-state index contributed by atoms with van der Waals surface area (Å²) in [7, 11) is 0. The van der Waals surface area contributed by atoms with Gasteiger partial charge in [-0.15, -0.1) is 0 Å². The van der Waals surface area contributed by atoms with E-state index in [0.717, 1.165) is 5.82 Å². The number of aromatic nitrogens is 5. The van der Waals surface area contributed by atoms with Crippen LogP contribution in [-0.4, -0.2) is 25.0 Å². The van der Waals surface area contributed by atoms with Crippen molar-refractivity contribution in [2.45, 2.75) is 19.5 Å². The first-order valence-corrected chi connectivity index (χ1v) is 4.40. The molecule has 0 bridgehead atoms. The minimum Gasteiger partial charge on any atom is -0.321 e. The molecule has 2 heterocycles. The number of hydrogen-bond acceptors (Lipinski definition) is 4. The van der Waals surface area contributed by atoms with E-state index in [1.54, 1.807) is 10.9 Å². The van der Waals surface area contributed by atoms with Gasteiger partial charge in [-0.3, -0.25) is 9.78 Å². The minimum atomic E-state index is -0.141. The third-order valence-electron chi connectivity index (χ3n) is 1.83. The number of nitrogens with two attached hydrogens (primary N) is 1. The summed E-state index contributed by atoms with van der Waals surface area (Å²) < 4.78 is 1.77. The van der Waals surface area contributed by atoms with Crippen molar-refractivity contribution in [3.63, 3.8) is 0 Å². The molecule has 0 fully saturated rings. The number of hydrogen-bond donors (Lipinski definition) is 2. The average molecular weight is 192 g/mol. The monoisotopic (exact) mass is 192 g/mol. The summed E-state index contributed by atoms with van der Waals surface area (Å²) in [6, 6.07) is 1.72. The zero-order valence-electron chi connectivity index (χ0n) is 7.88. The molecule has 1 unspecified atom stereocenters. The van der Waals surface area contributed by atoms with Gasteiger partial charge in [0.25, 0.3) is 0 Å². The first-order chi connectivity index (χ1) is 6.75. The van der Waals surface area contributed by atoms with Gasteiger partial charge in [0.2, 0.25) is 0 Å². The van der Waals surface area contributed by atoms with Crippen LogP contribution in [0.3, 0.4) is 0 Å². The van der Waals surface area contributed by atoms with E-state index < -0.39 is 0 Å². The van der Waals surface area contributed by atoms with Crippen molar-refractivity contribution in [3.05, 3.63) is 30.1 Å². The van der Waals surface area contributed by atoms with E-state index in [4.69, 9.17) is 5.73 Å². The fraction of sp³-hybridized carbons (Fsp3) is 0.375. The zero-order valence-corrected chi connectivity index (χ0v) is 7.88. The maximum atomic E-state index is 5.63. The molecule has 1 atom stereocenters. The van der Waals surface area contributed by atoms with Crippen LogP contribution in [-0.2, 0) is 6.54 Å². The summed E-state index contributed by atoms with van der Waals surface area (Å²) >= 11 is 0. The predicted molar refractivity (Wildman–Crippen MR) is 50.3 cm³/mol. The van der Waals surface area contributed by atoms with E-state index in [9.17, 15) is 0 Å². The van der Waals surface area contributed by atoms with Crippen LogP contribution in [0.1, 0.15) is 24.6 Å². The van der Waals surface area contributed by atoms with Gasteiger partial charge in [-0.1, -0.05) is 0 Å². The number of nitrogens with zero attached hydrogens (tertiary/aromatic N) is 4. The highest BCUT2D eigenvalue weighted by molar-refractivity contribution is 4.95. The van der Waals surface area contributed by atoms with Gasteiger partial charge in [-0.2, -0.15) is 10.2 Å². The molecule has 3 N–H and O–H groups in total. The van der Waals surface area contributed by atoms with Gasteiger partial charge < -0.3 is 5.73 Å². The number of rotatable bonds is 3. The third kappa shape index (κ3) is 1.80. The Morgan fingerprint density at radius 1 is 1.64 bits per heavy atom. The second-order valence-electron chi connectivity index (χ2n) is 3.13. The van der Waals surface area contributed by atoms with E-state index in [2.05, 4.69) is 20.3 Å². The molecule has 2 aromatic rings. The average Bonchev–Trinajstić information content (AvgIpc) is 2.75. The summed E-state index contributed by atoms with van der Waals surface area (Å²) in [5, 5.41) is 10.9. The number of nitrogens with one attached hydrogen (secondary N) is 1.